The molecule has 1 heterocycles. The number of carbonyl (C=O) groups is 2. The standard InChI is InChI=1S/C23H26ClN3O4S/c1-14-3-7-20(19(24)11-14)26-22(28)9-10-25-32(30,31)18-6-8-21-17(13-18)12-15(2)27(21)23(29)16-4-5-16/h3,6-8,11,13,15-16,25H,4-5,9-10,12H2,1-2H3,(H,26,28)/t15-/m1/s1. The number of nitrogens with one attached hydrogen (secondary N) is 2. The first-order valence-electron chi connectivity index (χ1n) is 10.7. The zero-order chi connectivity index (χ0) is 23.0. The lowest BCUT2D eigenvalue weighted by atomic mass is 10.1. The van der Waals surface area contributed by atoms with Crippen LogP contribution in [0.2, 0.25) is 5.02 Å². The molecule has 7 nitrogen and oxygen atoms in total. The minimum atomic E-state index is -3.78. The fraction of sp³-hybridized carbons (Fsp3) is 0.391. The second-order valence-electron chi connectivity index (χ2n) is 8.51. The van der Waals surface area contributed by atoms with Crippen LogP contribution in [0.15, 0.2) is 41.3 Å². The minimum Gasteiger partial charge on any atom is -0.325 e. The van der Waals surface area contributed by atoms with E-state index in [4.69, 9.17) is 11.6 Å². The third-order valence-electron chi connectivity index (χ3n) is 5.78. The third-order valence-corrected chi connectivity index (χ3v) is 7.56. The van der Waals surface area contributed by atoms with Gasteiger partial charge >= 0.3 is 0 Å². The summed E-state index contributed by atoms with van der Waals surface area (Å²) in [6, 6.07) is 10.1. The molecule has 1 fully saturated rings. The van der Waals surface area contributed by atoms with E-state index < -0.39 is 10.0 Å². The summed E-state index contributed by atoms with van der Waals surface area (Å²) in [6.07, 6.45) is 2.45. The van der Waals surface area contributed by atoms with Crippen molar-refractivity contribution in [1.29, 1.82) is 0 Å². The van der Waals surface area contributed by atoms with E-state index in [1.165, 1.54) is 6.07 Å². The fourth-order valence-electron chi connectivity index (χ4n) is 3.95. The molecule has 0 radical (unpaired) electrons. The number of sulfonamides is 1. The molecule has 1 atom stereocenters. The lowest BCUT2D eigenvalue weighted by Crippen LogP contribution is -2.36. The van der Waals surface area contributed by atoms with Crippen molar-refractivity contribution in [2.45, 2.75) is 50.5 Å². The molecule has 0 unspecified atom stereocenters. The van der Waals surface area contributed by atoms with Gasteiger partial charge in [0.2, 0.25) is 21.8 Å². The molecule has 0 bridgehead atoms. The molecule has 2 aliphatic rings. The number of hydrogen-bond acceptors (Lipinski definition) is 4. The lowest BCUT2D eigenvalue weighted by molar-refractivity contribution is -0.120. The number of fused-ring (bicyclic) bond motifs is 1. The summed E-state index contributed by atoms with van der Waals surface area (Å²) in [6.45, 7) is 3.83. The quantitative estimate of drug-likeness (QED) is 0.639. The molecule has 1 aliphatic carbocycles. The highest BCUT2D eigenvalue weighted by molar-refractivity contribution is 7.89. The average Bonchev–Trinajstić information content (AvgIpc) is 3.51. The number of amides is 2. The van der Waals surface area contributed by atoms with Gasteiger partial charge in [-0.3, -0.25) is 9.59 Å². The number of carbonyl (C=O) groups excluding carboxylic acids is 2. The van der Waals surface area contributed by atoms with Crippen LogP contribution in [0.5, 0.6) is 0 Å². The van der Waals surface area contributed by atoms with E-state index in [0.717, 1.165) is 29.7 Å². The fourth-order valence-corrected chi connectivity index (χ4v) is 5.32. The Labute approximate surface area is 193 Å². The molecule has 2 aromatic carbocycles. The molecule has 1 aliphatic heterocycles. The summed E-state index contributed by atoms with van der Waals surface area (Å²) >= 11 is 6.12. The average molecular weight is 476 g/mol. The van der Waals surface area contributed by atoms with E-state index in [1.54, 1.807) is 29.2 Å². The van der Waals surface area contributed by atoms with Gasteiger partial charge in [0.15, 0.2) is 0 Å². The summed E-state index contributed by atoms with van der Waals surface area (Å²) in [5.74, 6) is -0.102. The van der Waals surface area contributed by atoms with E-state index in [1.807, 2.05) is 19.9 Å². The van der Waals surface area contributed by atoms with Gasteiger partial charge in [-0.25, -0.2) is 13.1 Å². The van der Waals surface area contributed by atoms with Crippen molar-refractivity contribution < 1.29 is 18.0 Å². The van der Waals surface area contributed by atoms with Crippen molar-refractivity contribution in [1.82, 2.24) is 4.72 Å². The number of nitrogens with zero attached hydrogens (tertiary/aromatic N) is 1. The van der Waals surface area contributed by atoms with Gasteiger partial charge in [0.25, 0.3) is 0 Å². The number of anilines is 2. The van der Waals surface area contributed by atoms with Crippen LogP contribution in [0.3, 0.4) is 0 Å². The minimum absolute atomic E-state index is 0.0151. The molecule has 1 saturated carbocycles. The Hall–Kier alpha value is -2.42. The summed E-state index contributed by atoms with van der Waals surface area (Å²) in [4.78, 5) is 26.7. The topological polar surface area (TPSA) is 95.6 Å². The maximum atomic E-state index is 12.7. The molecule has 0 saturated heterocycles. The van der Waals surface area contributed by atoms with Crippen molar-refractivity contribution in [3.63, 3.8) is 0 Å². The zero-order valence-corrected chi connectivity index (χ0v) is 19.6. The van der Waals surface area contributed by atoms with E-state index in [2.05, 4.69) is 10.0 Å². The van der Waals surface area contributed by atoms with E-state index in [0.29, 0.717) is 17.1 Å². The second kappa shape index (κ2) is 8.84. The second-order valence-corrected chi connectivity index (χ2v) is 10.7. The largest absolute Gasteiger partial charge is 0.325 e. The van der Waals surface area contributed by atoms with Crippen LogP contribution in [-0.2, 0) is 26.0 Å². The smallest absolute Gasteiger partial charge is 0.240 e. The van der Waals surface area contributed by atoms with E-state index in [-0.39, 0.29) is 41.6 Å². The maximum Gasteiger partial charge on any atom is 0.240 e. The molecule has 9 heteroatoms. The van der Waals surface area contributed by atoms with Crippen LogP contribution >= 0.6 is 11.6 Å². The van der Waals surface area contributed by atoms with Crippen LogP contribution < -0.4 is 14.9 Å². The van der Waals surface area contributed by atoms with E-state index >= 15 is 0 Å². The van der Waals surface area contributed by atoms with Crippen molar-refractivity contribution in [3.05, 3.63) is 52.5 Å². The van der Waals surface area contributed by atoms with Gasteiger partial charge in [-0.2, -0.15) is 0 Å². The highest BCUT2D eigenvalue weighted by atomic mass is 35.5. The maximum absolute atomic E-state index is 12.7. The Morgan fingerprint density at radius 3 is 2.59 bits per heavy atom. The SMILES string of the molecule is Cc1ccc(NC(=O)CCNS(=O)(=O)c2ccc3c(c2)C[C@@H](C)N3C(=O)C2CC2)c(Cl)c1. The van der Waals surface area contributed by atoms with Gasteiger partial charge in [0.05, 0.1) is 15.6 Å². The van der Waals surface area contributed by atoms with E-state index in [9.17, 15) is 18.0 Å². The number of aryl methyl sites for hydroxylation is 1. The van der Waals surface area contributed by atoms with Crippen LogP contribution in [0.25, 0.3) is 0 Å². The predicted molar refractivity (Wildman–Crippen MR) is 124 cm³/mol. The number of benzene rings is 2. The van der Waals surface area contributed by atoms with Gasteiger partial charge in [-0.15, -0.1) is 0 Å². The monoisotopic (exact) mass is 475 g/mol. The summed E-state index contributed by atoms with van der Waals surface area (Å²) in [7, 11) is -3.78. The highest BCUT2D eigenvalue weighted by Gasteiger charge is 2.39. The Morgan fingerprint density at radius 1 is 1.16 bits per heavy atom. The molecule has 0 aromatic heterocycles. The molecular weight excluding hydrogens is 450 g/mol. The molecule has 2 aromatic rings. The molecule has 2 N–H and O–H groups in total. The number of hydrogen-bond donors (Lipinski definition) is 2. The first-order valence-corrected chi connectivity index (χ1v) is 12.5. The molecule has 2 amide bonds. The van der Waals surface area contributed by atoms with Gasteiger partial charge < -0.3 is 10.2 Å². The van der Waals surface area contributed by atoms with Crippen molar-refractivity contribution in [3.8, 4) is 0 Å². The van der Waals surface area contributed by atoms with Gasteiger partial charge in [0, 0.05) is 30.6 Å². The molecule has 32 heavy (non-hydrogen) atoms. The normalized spacial score (nSPS) is 17.8. The van der Waals surface area contributed by atoms with Crippen LogP contribution in [0.4, 0.5) is 11.4 Å². The Morgan fingerprint density at radius 2 is 1.91 bits per heavy atom. The predicted octanol–water partition coefficient (Wildman–Crippen LogP) is 3.64. The van der Waals surface area contributed by atoms with Gasteiger partial charge in [-0.05, 0) is 74.6 Å². The van der Waals surface area contributed by atoms with Gasteiger partial charge in [0.1, 0.15) is 0 Å². The van der Waals surface area contributed by atoms with Crippen molar-refractivity contribution >= 4 is 44.8 Å². The van der Waals surface area contributed by atoms with Crippen molar-refractivity contribution in [2.75, 3.05) is 16.8 Å². The molecule has 4 rings (SSSR count). The van der Waals surface area contributed by atoms with Crippen LogP contribution in [0.1, 0.15) is 37.3 Å². The molecular formula is C23H26ClN3O4S. The first kappa shape index (κ1) is 22.8. The molecule has 170 valence electrons. The van der Waals surface area contributed by atoms with Crippen LogP contribution in [-0.4, -0.2) is 32.8 Å². The van der Waals surface area contributed by atoms with Gasteiger partial charge in [-0.1, -0.05) is 17.7 Å². The first-order chi connectivity index (χ1) is 15.2. The summed E-state index contributed by atoms with van der Waals surface area (Å²) in [5.41, 5.74) is 3.11. The van der Waals surface area contributed by atoms with Crippen molar-refractivity contribution in [2.24, 2.45) is 5.92 Å². The summed E-state index contributed by atoms with van der Waals surface area (Å²) < 4.78 is 27.9. The highest BCUT2D eigenvalue weighted by Crippen LogP contribution is 2.39. The number of halogens is 1. The Balaban J connectivity index is 1.37. The zero-order valence-electron chi connectivity index (χ0n) is 18.0. The Bertz CT molecular complexity index is 1180. The summed E-state index contributed by atoms with van der Waals surface area (Å²) in [5, 5.41) is 3.12. The Kier molecular flexibility index (Phi) is 6.29. The third kappa shape index (κ3) is 4.82. The van der Waals surface area contributed by atoms with Crippen LogP contribution in [0, 0.1) is 12.8 Å². The lowest BCUT2D eigenvalue weighted by Gasteiger charge is -2.22. The number of rotatable bonds is 7. The molecule has 0 spiro atoms.